The monoisotopic (exact) mass is 446 g/mol. The summed E-state index contributed by atoms with van der Waals surface area (Å²) in [5.41, 5.74) is 9.14. The Morgan fingerprint density at radius 2 is 1.91 bits per heavy atom. The molecule has 9 heteroatoms. The summed E-state index contributed by atoms with van der Waals surface area (Å²) in [6.07, 6.45) is 0.496. The van der Waals surface area contributed by atoms with Crippen molar-refractivity contribution in [2.45, 2.75) is 39.4 Å². The minimum atomic E-state index is -0.491. The van der Waals surface area contributed by atoms with Crippen molar-refractivity contribution in [3.8, 4) is 0 Å². The van der Waals surface area contributed by atoms with Crippen LogP contribution in [0, 0.1) is 13.8 Å². The average molecular weight is 447 g/mol. The van der Waals surface area contributed by atoms with Gasteiger partial charge in [0.15, 0.2) is 0 Å². The summed E-state index contributed by atoms with van der Waals surface area (Å²) < 4.78 is 1.35. The van der Waals surface area contributed by atoms with E-state index < -0.39 is 11.6 Å². The number of fused-ring (bicyclic) bond motifs is 1. The van der Waals surface area contributed by atoms with Gasteiger partial charge in [-0.2, -0.15) is 0 Å². The number of benzene rings is 1. The average Bonchev–Trinajstić information content (AvgIpc) is 2.78. The molecule has 0 fully saturated rings. The normalized spacial score (nSPS) is 14.7. The maximum absolute atomic E-state index is 13.1. The van der Waals surface area contributed by atoms with Gasteiger partial charge in [-0.1, -0.05) is 36.4 Å². The van der Waals surface area contributed by atoms with Gasteiger partial charge in [0, 0.05) is 24.4 Å². The summed E-state index contributed by atoms with van der Waals surface area (Å²) in [4.78, 5) is 42.4. The van der Waals surface area contributed by atoms with Crippen molar-refractivity contribution in [3.63, 3.8) is 0 Å². The molecule has 1 aromatic carbocycles. The van der Waals surface area contributed by atoms with Gasteiger partial charge in [-0.05, 0) is 37.1 Å². The van der Waals surface area contributed by atoms with Crippen LogP contribution in [0.3, 0.4) is 0 Å². The van der Waals surface area contributed by atoms with Crippen LogP contribution in [0.5, 0.6) is 0 Å². The Morgan fingerprint density at radius 1 is 1.15 bits per heavy atom. The van der Waals surface area contributed by atoms with Crippen molar-refractivity contribution in [1.29, 1.82) is 0 Å². The zero-order valence-electron chi connectivity index (χ0n) is 18.5. The molecule has 170 valence electrons. The van der Waals surface area contributed by atoms with Gasteiger partial charge in [-0.3, -0.25) is 14.4 Å². The third kappa shape index (κ3) is 4.87. The fourth-order valence-corrected chi connectivity index (χ4v) is 3.85. The Bertz CT molecular complexity index is 1270. The van der Waals surface area contributed by atoms with Crippen LogP contribution in [0.1, 0.15) is 22.5 Å². The Labute approximate surface area is 191 Å². The molecule has 5 N–H and O–H groups in total. The van der Waals surface area contributed by atoms with Crippen molar-refractivity contribution >= 4 is 29.0 Å². The Hall–Kier alpha value is -4.14. The minimum absolute atomic E-state index is 0.154. The third-order valence-electron chi connectivity index (χ3n) is 5.68. The number of carbonyl (C=O) groups is 2. The number of amides is 2. The zero-order valence-corrected chi connectivity index (χ0v) is 18.5. The summed E-state index contributed by atoms with van der Waals surface area (Å²) in [5, 5.41) is 8.70. The maximum Gasteiger partial charge on any atom is 0.277 e. The van der Waals surface area contributed by atoms with E-state index >= 15 is 0 Å². The largest absolute Gasteiger partial charge is 0.384 e. The number of anilines is 3. The Balaban J connectivity index is 1.47. The Kier molecular flexibility index (Phi) is 6.12. The van der Waals surface area contributed by atoms with E-state index in [1.54, 1.807) is 25.1 Å². The molecule has 0 bridgehead atoms. The van der Waals surface area contributed by atoms with Crippen molar-refractivity contribution < 1.29 is 9.59 Å². The number of nitrogens with one attached hydrogen (secondary N) is 3. The molecule has 3 heterocycles. The summed E-state index contributed by atoms with van der Waals surface area (Å²) in [6, 6.07) is 14.4. The number of hydrogen-bond acceptors (Lipinski definition) is 6. The van der Waals surface area contributed by atoms with Gasteiger partial charge in [0.2, 0.25) is 11.8 Å². The Morgan fingerprint density at radius 3 is 2.64 bits per heavy atom. The molecule has 0 radical (unpaired) electrons. The third-order valence-corrected chi connectivity index (χ3v) is 5.68. The molecular weight excluding hydrogens is 420 g/mol. The van der Waals surface area contributed by atoms with E-state index in [0.29, 0.717) is 23.6 Å². The predicted octanol–water partition coefficient (Wildman–Crippen LogP) is 1.73. The van der Waals surface area contributed by atoms with E-state index in [1.807, 2.05) is 37.3 Å². The molecule has 1 unspecified atom stereocenters. The highest BCUT2D eigenvalue weighted by Crippen LogP contribution is 2.25. The van der Waals surface area contributed by atoms with E-state index in [9.17, 15) is 14.4 Å². The molecule has 2 aromatic heterocycles. The number of aryl methyl sites for hydroxylation is 2. The standard InChI is InChI=1S/C24H26N6O3/c1-14-10-18-22(29-23(32)19(28-18)11-16-6-4-3-5-7-16)24(33)30(14)13-21(31)26-12-17-8-9-20(25)27-15(17)2/h3-10,19,28H,11-13H2,1-2H3,(H2,25,27)(H,26,31)(H,29,32). The number of pyridine rings is 2. The van der Waals surface area contributed by atoms with Gasteiger partial charge in [0.1, 0.15) is 24.1 Å². The number of rotatable bonds is 6. The highest BCUT2D eigenvalue weighted by atomic mass is 16.2. The second-order valence-corrected chi connectivity index (χ2v) is 8.10. The molecule has 3 aromatic rings. The van der Waals surface area contributed by atoms with Gasteiger partial charge in [0.25, 0.3) is 5.56 Å². The molecule has 9 nitrogen and oxygen atoms in total. The number of carbonyl (C=O) groups excluding carboxylic acids is 2. The molecule has 1 aliphatic rings. The van der Waals surface area contributed by atoms with Gasteiger partial charge in [0.05, 0.1) is 5.69 Å². The second-order valence-electron chi connectivity index (χ2n) is 8.10. The van der Waals surface area contributed by atoms with Gasteiger partial charge < -0.3 is 26.3 Å². The first-order valence-electron chi connectivity index (χ1n) is 10.7. The molecule has 33 heavy (non-hydrogen) atoms. The van der Waals surface area contributed by atoms with Gasteiger partial charge in [-0.25, -0.2) is 4.98 Å². The second kappa shape index (κ2) is 9.15. The van der Waals surface area contributed by atoms with Crippen LogP contribution < -0.4 is 27.2 Å². The van der Waals surface area contributed by atoms with Crippen LogP contribution in [0.2, 0.25) is 0 Å². The first kappa shape index (κ1) is 22.1. The van der Waals surface area contributed by atoms with Crippen molar-refractivity contribution in [1.82, 2.24) is 14.9 Å². The number of hydrogen-bond donors (Lipinski definition) is 4. The lowest BCUT2D eigenvalue weighted by Gasteiger charge is -2.27. The van der Waals surface area contributed by atoms with E-state index in [-0.39, 0.29) is 30.6 Å². The quantitative estimate of drug-likeness (QED) is 0.456. The van der Waals surface area contributed by atoms with Crippen LogP contribution in [-0.2, 0) is 29.1 Å². The molecule has 4 rings (SSSR count). The molecular formula is C24H26N6O3. The van der Waals surface area contributed by atoms with E-state index in [2.05, 4.69) is 20.9 Å². The highest BCUT2D eigenvalue weighted by Gasteiger charge is 2.28. The summed E-state index contributed by atoms with van der Waals surface area (Å²) in [6.45, 7) is 3.68. The number of aromatic nitrogens is 2. The lowest BCUT2D eigenvalue weighted by Crippen LogP contribution is -2.44. The fraction of sp³-hybridized carbons (Fsp3) is 0.250. The zero-order chi connectivity index (χ0) is 23.5. The molecule has 0 saturated heterocycles. The highest BCUT2D eigenvalue weighted by molar-refractivity contribution is 6.03. The topological polar surface area (TPSA) is 131 Å². The van der Waals surface area contributed by atoms with Gasteiger partial charge in [-0.15, -0.1) is 0 Å². The molecule has 1 atom stereocenters. The van der Waals surface area contributed by atoms with E-state index in [0.717, 1.165) is 16.8 Å². The molecule has 0 saturated carbocycles. The summed E-state index contributed by atoms with van der Waals surface area (Å²) in [5.74, 6) is -0.191. The van der Waals surface area contributed by atoms with Crippen molar-refractivity contribution in [2.24, 2.45) is 0 Å². The number of nitrogens with two attached hydrogens (primary N) is 1. The lowest BCUT2D eigenvalue weighted by atomic mass is 10.0. The first-order chi connectivity index (χ1) is 15.8. The summed E-state index contributed by atoms with van der Waals surface area (Å²) in [7, 11) is 0. The predicted molar refractivity (Wildman–Crippen MR) is 127 cm³/mol. The van der Waals surface area contributed by atoms with Crippen LogP contribution in [0.15, 0.2) is 53.3 Å². The SMILES string of the molecule is Cc1nc(N)ccc1CNC(=O)Cn1c(C)cc2c(c1=O)NC(=O)C(Cc1ccccc1)N2. The maximum atomic E-state index is 13.1. The lowest BCUT2D eigenvalue weighted by molar-refractivity contribution is -0.122. The first-order valence-corrected chi connectivity index (χ1v) is 10.7. The number of nitrogens with zero attached hydrogens (tertiary/aromatic N) is 2. The van der Waals surface area contributed by atoms with Gasteiger partial charge >= 0.3 is 0 Å². The molecule has 0 aliphatic carbocycles. The molecule has 0 spiro atoms. The van der Waals surface area contributed by atoms with E-state index in [4.69, 9.17) is 5.73 Å². The molecule has 2 amide bonds. The smallest absolute Gasteiger partial charge is 0.277 e. The summed E-state index contributed by atoms with van der Waals surface area (Å²) >= 11 is 0. The number of nitrogen functional groups attached to an aromatic ring is 1. The molecule has 1 aliphatic heterocycles. The van der Waals surface area contributed by atoms with E-state index in [1.165, 1.54) is 4.57 Å². The van der Waals surface area contributed by atoms with Crippen LogP contribution >= 0.6 is 0 Å². The van der Waals surface area contributed by atoms with Crippen LogP contribution in [0.4, 0.5) is 17.2 Å². The minimum Gasteiger partial charge on any atom is -0.384 e. The fourth-order valence-electron chi connectivity index (χ4n) is 3.85. The van der Waals surface area contributed by atoms with Crippen molar-refractivity contribution in [3.05, 3.63) is 81.4 Å². The van der Waals surface area contributed by atoms with Crippen LogP contribution in [0.25, 0.3) is 0 Å². The van der Waals surface area contributed by atoms with Crippen LogP contribution in [-0.4, -0.2) is 27.4 Å². The van der Waals surface area contributed by atoms with Crippen molar-refractivity contribution in [2.75, 3.05) is 16.4 Å².